The molecule has 0 saturated heterocycles. The minimum absolute atomic E-state index is 0.0203. The van der Waals surface area contributed by atoms with E-state index in [1.165, 1.54) is 12.1 Å². The van der Waals surface area contributed by atoms with E-state index in [0.717, 1.165) is 37.5 Å². The van der Waals surface area contributed by atoms with Crippen LogP contribution in [0, 0.1) is 10.1 Å². The molecular weight excluding hydrogens is 432 g/mol. The first kappa shape index (κ1) is 17.5. The van der Waals surface area contributed by atoms with E-state index in [0.29, 0.717) is 5.69 Å². The smallest absolute Gasteiger partial charge is 0.258 e. The molecule has 0 radical (unpaired) electrons. The quantitative estimate of drug-likeness (QED) is 0.256. The predicted molar refractivity (Wildman–Crippen MR) is 116 cm³/mol. The molecule has 0 unspecified atom stereocenters. The first-order valence-electron chi connectivity index (χ1n) is 8.89. The first-order valence-corrected chi connectivity index (χ1v) is 9.68. The molecule has 5 rings (SSSR count). The highest BCUT2D eigenvalue weighted by Gasteiger charge is 2.18. The van der Waals surface area contributed by atoms with Crippen LogP contribution in [0.25, 0.3) is 38.8 Å². The van der Waals surface area contributed by atoms with Gasteiger partial charge in [-0.25, -0.2) is 4.68 Å². The van der Waals surface area contributed by atoms with Crippen molar-refractivity contribution in [3.05, 3.63) is 93.6 Å². The summed E-state index contributed by atoms with van der Waals surface area (Å²) in [6.07, 6.45) is 1.81. The highest BCUT2D eigenvalue weighted by Crippen LogP contribution is 2.35. The summed E-state index contributed by atoms with van der Waals surface area (Å²) in [6, 6.07) is 22.2. The number of halogens is 1. The number of benzene rings is 3. The molecular formula is C22H13BrN4O2. The highest BCUT2D eigenvalue weighted by atomic mass is 79.9. The summed E-state index contributed by atoms with van der Waals surface area (Å²) in [5, 5.41) is 17.9. The topological polar surface area (TPSA) is 73.8 Å². The molecule has 0 amide bonds. The Morgan fingerprint density at radius 1 is 0.931 bits per heavy atom. The number of nitro benzene ring substituents is 1. The van der Waals surface area contributed by atoms with Gasteiger partial charge in [-0.05, 0) is 24.3 Å². The van der Waals surface area contributed by atoms with Crippen molar-refractivity contribution in [1.82, 2.24) is 14.8 Å². The standard InChI is InChI=1S/C22H13BrN4O2/c23-15-9-10-20-18(11-15)22-19(13-24-20)21(14-5-2-1-3-6-14)25-26(22)16-7-4-8-17(12-16)27(28)29/h1-13H. The van der Waals surface area contributed by atoms with Gasteiger partial charge in [0.2, 0.25) is 0 Å². The number of aromatic nitrogens is 3. The van der Waals surface area contributed by atoms with Crippen molar-refractivity contribution < 1.29 is 4.92 Å². The molecule has 7 heteroatoms. The van der Waals surface area contributed by atoms with Gasteiger partial charge < -0.3 is 0 Å². The fourth-order valence-electron chi connectivity index (χ4n) is 3.49. The summed E-state index contributed by atoms with van der Waals surface area (Å²) >= 11 is 3.53. The second-order valence-electron chi connectivity index (χ2n) is 6.59. The summed E-state index contributed by atoms with van der Waals surface area (Å²) in [5.41, 5.74) is 4.06. The Kier molecular flexibility index (Phi) is 4.10. The summed E-state index contributed by atoms with van der Waals surface area (Å²) < 4.78 is 2.69. The first-order chi connectivity index (χ1) is 14.1. The van der Waals surface area contributed by atoms with Gasteiger partial charge in [-0.3, -0.25) is 15.1 Å². The van der Waals surface area contributed by atoms with Crippen molar-refractivity contribution in [1.29, 1.82) is 0 Å². The van der Waals surface area contributed by atoms with Gasteiger partial charge in [-0.2, -0.15) is 5.10 Å². The molecule has 2 heterocycles. The molecule has 0 saturated carbocycles. The van der Waals surface area contributed by atoms with Gasteiger partial charge in [0.15, 0.2) is 0 Å². The van der Waals surface area contributed by atoms with Crippen molar-refractivity contribution in [2.24, 2.45) is 0 Å². The third-order valence-corrected chi connectivity index (χ3v) is 5.29. The Labute approximate surface area is 173 Å². The molecule has 0 fully saturated rings. The van der Waals surface area contributed by atoms with Gasteiger partial charge in [0.05, 0.1) is 21.6 Å². The number of nitrogens with zero attached hydrogens (tertiary/aromatic N) is 4. The molecule has 3 aromatic carbocycles. The van der Waals surface area contributed by atoms with Crippen LogP contribution in [0.3, 0.4) is 0 Å². The molecule has 0 aliphatic carbocycles. The van der Waals surface area contributed by atoms with Crippen LogP contribution >= 0.6 is 15.9 Å². The third-order valence-electron chi connectivity index (χ3n) is 4.80. The van der Waals surface area contributed by atoms with Crippen LogP contribution in [0.5, 0.6) is 0 Å². The van der Waals surface area contributed by atoms with E-state index in [1.54, 1.807) is 10.7 Å². The highest BCUT2D eigenvalue weighted by molar-refractivity contribution is 9.10. The fourth-order valence-corrected chi connectivity index (χ4v) is 3.85. The van der Waals surface area contributed by atoms with Gasteiger partial charge >= 0.3 is 0 Å². The van der Waals surface area contributed by atoms with E-state index in [9.17, 15) is 10.1 Å². The average Bonchev–Trinajstić information content (AvgIpc) is 3.14. The van der Waals surface area contributed by atoms with Gasteiger partial charge in [0.1, 0.15) is 5.69 Å². The molecule has 140 valence electrons. The van der Waals surface area contributed by atoms with Crippen LogP contribution < -0.4 is 0 Å². The molecule has 0 atom stereocenters. The average molecular weight is 445 g/mol. The fraction of sp³-hybridized carbons (Fsp3) is 0. The lowest BCUT2D eigenvalue weighted by atomic mass is 10.1. The number of pyridine rings is 1. The Hall–Kier alpha value is -3.58. The minimum Gasteiger partial charge on any atom is -0.258 e. The number of fused-ring (bicyclic) bond motifs is 3. The van der Waals surface area contributed by atoms with Crippen LogP contribution in [0.1, 0.15) is 0 Å². The molecule has 0 aliphatic heterocycles. The van der Waals surface area contributed by atoms with Gasteiger partial charge in [-0.1, -0.05) is 52.3 Å². The van der Waals surface area contributed by atoms with Crippen LogP contribution in [0.15, 0.2) is 83.5 Å². The Bertz CT molecular complexity index is 1400. The molecule has 0 bridgehead atoms. The maximum atomic E-state index is 11.3. The molecule has 5 aromatic rings. The molecule has 0 aliphatic rings. The molecule has 0 N–H and O–H groups in total. The van der Waals surface area contributed by atoms with E-state index >= 15 is 0 Å². The molecule has 2 aromatic heterocycles. The Balaban J connectivity index is 1.91. The van der Waals surface area contributed by atoms with Gasteiger partial charge in [0, 0.05) is 39.1 Å². The van der Waals surface area contributed by atoms with Crippen LogP contribution in [-0.4, -0.2) is 19.7 Å². The van der Waals surface area contributed by atoms with Crippen molar-refractivity contribution in [2.45, 2.75) is 0 Å². The van der Waals surface area contributed by atoms with Crippen molar-refractivity contribution >= 4 is 43.4 Å². The van der Waals surface area contributed by atoms with E-state index in [-0.39, 0.29) is 5.69 Å². The normalized spacial score (nSPS) is 11.2. The van der Waals surface area contributed by atoms with E-state index < -0.39 is 4.92 Å². The van der Waals surface area contributed by atoms with Gasteiger partial charge in [-0.15, -0.1) is 0 Å². The number of hydrogen-bond donors (Lipinski definition) is 0. The van der Waals surface area contributed by atoms with Gasteiger partial charge in [0.25, 0.3) is 5.69 Å². The zero-order valence-corrected chi connectivity index (χ0v) is 16.6. The summed E-state index contributed by atoms with van der Waals surface area (Å²) in [5.74, 6) is 0. The second kappa shape index (κ2) is 6.79. The summed E-state index contributed by atoms with van der Waals surface area (Å²) in [7, 11) is 0. The lowest BCUT2D eigenvalue weighted by Crippen LogP contribution is -1.99. The van der Waals surface area contributed by atoms with Crippen molar-refractivity contribution in [2.75, 3.05) is 0 Å². The van der Waals surface area contributed by atoms with E-state index in [4.69, 9.17) is 5.10 Å². The zero-order chi connectivity index (χ0) is 20.0. The summed E-state index contributed by atoms with van der Waals surface area (Å²) in [6.45, 7) is 0. The second-order valence-corrected chi connectivity index (χ2v) is 7.50. The van der Waals surface area contributed by atoms with E-state index in [1.807, 2.05) is 60.8 Å². The monoisotopic (exact) mass is 444 g/mol. The SMILES string of the molecule is O=[N+]([O-])c1cccc(-n2nc(-c3ccccc3)c3cnc4ccc(Br)cc4c32)c1. The summed E-state index contributed by atoms with van der Waals surface area (Å²) in [4.78, 5) is 15.5. The van der Waals surface area contributed by atoms with E-state index in [2.05, 4.69) is 20.9 Å². The maximum Gasteiger partial charge on any atom is 0.271 e. The third kappa shape index (κ3) is 2.96. The predicted octanol–water partition coefficient (Wildman–Crippen LogP) is 5.91. The zero-order valence-electron chi connectivity index (χ0n) is 15.0. The number of nitro groups is 1. The van der Waals surface area contributed by atoms with Crippen molar-refractivity contribution in [3.8, 4) is 16.9 Å². The number of hydrogen-bond acceptors (Lipinski definition) is 4. The largest absolute Gasteiger partial charge is 0.271 e. The number of rotatable bonds is 3. The van der Waals surface area contributed by atoms with Crippen LogP contribution in [0.2, 0.25) is 0 Å². The van der Waals surface area contributed by atoms with Crippen LogP contribution in [0.4, 0.5) is 5.69 Å². The van der Waals surface area contributed by atoms with Crippen molar-refractivity contribution in [3.63, 3.8) is 0 Å². The van der Waals surface area contributed by atoms with Crippen LogP contribution in [-0.2, 0) is 0 Å². The minimum atomic E-state index is -0.399. The molecule has 6 nitrogen and oxygen atoms in total. The Morgan fingerprint density at radius 2 is 1.76 bits per heavy atom. The Morgan fingerprint density at radius 3 is 2.55 bits per heavy atom. The molecule has 29 heavy (non-hydrogen) atoms. The maximum absolute atomic E-state index is 11.3. The number of non-ortho nitro benzene ring substituents is 1. The lowest BCUT2D eigenvalue weighted by Gasteiger charge is -2.06. The molecule has 0 spiro atoms. The lowest BCUT2D eigenvalue weighted by molar-refractivity contribution is -0.384.